The fourth-order valence-corrected chi connectivity index (χ4v) is 4.09. The molecule has 1 aliphatic carbocycles. The summed E-state index contributed by atoms with van der Waals surface area (Å²) >= 11 is 6.05. The van der Waals surface area contributed by atoms with E-state index in [1.165, 1.54) is 0 Å². The molecule has 2 atom stereocenters. The van der Waals surface area contributed by atoms with E-state index >= 15 is 0 Å². The Balaban J connectivity index is 1.48. The summed E-state index contributed by atoms with van der Waals surface area (Å²) in [6, 6.07) is 17.2. The Labute approximate surface area is 169 Å². The maximum absolute atomic E-state index is 13.0. The molecule has 3 aromatic rings. The Morgan fingerprint density at radius 3 is 2.82 bits per heavy atom. The molecule has 1 aromatic heterocycles. The number of hydrogen-bond acceptors (Lipinski definition) is 3. The number of amides is 1. The van der Waals surface area contributed by atoms with Gasteiger partial charge in [-0.2, -0.15) is 0 Å². The second-order valence-electron chi connectivity index (χ2n) is 7.50. The summed E-state index contributed by atoms with van der Waals surface area (Å²) in [5.74, 6) is -0.173. The van der Waals surface area contributed by atoms with Crippen LogP contribution in [-0.4, -0.2) is 29.1 Å². The topological polar surface area (TPSA) is 80.1 Å². The summed E-state index contributed by atoms with van der Waals surface area (Å²) in [6.45, 7) is 0.886. The molecule has 0 spiro atoms. The van der Waals surface area contributed by atoms with E-state index in [9.17, 15) is 4.79 Å². The van der Waals surface area contributed by atoms with Crippen LogP contribution >= 0.6 is 11.6 Å². The third-order valence-corrected chi connectivity index (χ3v) is 5.74. The molecule has 1 amide bonds. The maximum atomic E-state index is 13.0. The number of carbonyl (C=O) groups is 1. The third-order valence-electron chi connectivity index (χ3n) is 5.51. The lowest BCUT2D eigenvalue weighted by Crippen LogP contribution is -2.59. The zero-order chi connectivity index (χ0) is 19.6. The van der Waals surface area contributed by atoms with Crippen molar-refractivity contribution in [2.45, 2.75) is 37.5 Å². The van der Waals surface area contributed by atoms with Crippen molar-refractivity contribution in [3.05, 3.63) is 70.9 Å². The van der Waals surface area contributed by atoms with Crippen molar-refractivity contribution >= 4 is 28.4 Å². The van der Waals surface area contributed by atoms with Crippen molar-refractivity contribution in [3.8, 4) is 0 Å². The zero-order valence-electron chi connectivity index (χ0n) is 15.6. The Hall–Kier alpha value is -2.34. The van der Waals surface area contributed by atoms with Crippen LogP contribution in [0.5, 0.6) is 0 Å². The highest BCUT2D eigenvalue weighted by Crippen LogP contribution is 2.30. The highest BCUT2D eigenvalue weighted by molar-refractivity contribution is 6.31. The van der Waals surface area contributed by atoms with Gasteiger partial charge in [0.2, 0.25) is 0 Å². The normalized spacial score (nSPS) is 21.9. The fourth-order valence-electron chi connectivity index (χ4n) is 3.91. The van der Waals surface area contributed by atoms with Gasteiger partial charge in [-0.05, 0) is 49.1 Å². The number of hydrogen-bond donors (Lipinski definition) is 3. The molecule has 0 bridgehead atoms. The largest absolute Gasteiger partial charge is 0.374 e. The van der Waals surface area contributed by atoms with Crippen LogP contribution in [0.15, 0.2) is 54.6 Å². The number of aromatic nitrogens is 1. The molecule has 5 nitrogen and oxygen atoms in total. The first-order chi connectivity index (χ1) is 13.6. The molecule has 2 unspecified atom stereocenters. The van der Waals surface area contributed by atoms with Crippen LogP contribution < -0.4 is 11.1 Å². The number of aromatic amines is 1. The van der Waals surface area contributed by atoms with Crippen LogP contribution in [0.25, 0.3) is 10.9 Å². The minimum atomic E-state index is -0.555. The number of H-pyrrole nitrogens is 1. The van der Waals surface area contributed by atoms with E-state index in [-0.39, 0.29) is 11.9 Å². The molecule has 146 valence electrons. The monoisotopic (exact) mass is 397 g/mol. The minimum absolute atomic E-state index is 0.133. The molecule has 1 saturated carbocycles. The molecule has 1 fully saturated rings. The van der Waals surface area contributed by atoms with Gasteiger partial charge in [0.15, 0.2) is 0 Å². The van der Waals surface area contributed by atoms with E-state index in [0.29, 0.717) is 23.9 Å². The number of ether oxygens (including phenoxy) is 1. The molecule has 4 rings (SSSR count). The van der Waals surface area contributed by atoms with Gasteiger partial charge >= 0.3 is 0 Å². The Bertz CT molecular complexity index is 972. The first-order valence-electron chi connectivity index (χ1n) is 9.54. The molecule has 1 heterocycles. The number of carbonyl (C=O) groups excluding carboxylic acids is 1. The summed E-state index contributed by atoms with van der Waals surface area (Å²) in [7, 11) is 0. The molecular weight excluding hydrogens is 374 g/mol. The first-order valence-corrected chi connectivity index (χ1v) is 9.92. The van der Waals surface area contributed by atoms with Crippen molar-refractivity contribution in [2.75, 3.05) is 6.61 Å². The van der Waals surface area contributed by atoms with E-state index in [1.54, 1.807) is 6.07 Å². The van der Waals surface area contributed by atoms with Crippen LogP contribution in [0.3, 0.4) is 0 Å². The second-order valence-corrected chi connectivity index (χ2v) is 7.94. The van der Waals surface area contributed by atoms with Crippen molar-refractivity contribution in [3.63, 3.8) is 0 Å². The van der Waals surface area contributed by atoms with Crippen LogP contribution in [0, 0.1) is 0 Å². The lowest BCUT2D eigenvalue weighted by Gasteiger charge is -2.34. The average molecular weight is 398 g/mol. The van der Waals surface area contributed by atoms with E-state index in [2.05, 4.69) is 10.3 Å². The summed E-state index contributed by atoms with van der Waals surface area (Å²) < 4.78 is 5.97. The van der Waals surface area contributed by atoms with Crippen LogP contribution in [-0.2, 0) is 11.3 Å². The molecule has 0 aliphatic heterocycles. The Morgan fingerprint density at radius 1 is 1.25 bits per heavy atom. The van der Waals surface area contributed by atoms with Crippen LogP contribution in [0.2, 0.25) is 5.02 Å². The van der Waals surface area contributed by atoms with Gasteiger partial charge in [-0.25, -0.2) is 0 Å². The molecule has 1 aliphatic rings. The SMILES string of the molecule is NC1CCCC1(COCc1ccccc1)NC(=O)c1cc2cc(Cl)ccc2[nH]1. The molecule has 6 heteroatoms. The first kappa shape index (κ1) is 19.0. The number of fused-ring (bicyclic) bond motifs is 1. The average Bonchev–Trinajstić information content (AvgIpc) is 3.26. The highest BCUT2D eigenvalue weighted by atomic mass is 35.5. The van der Waals surface area contributed by atoms with E-state index in [0.717, 1.165) is 35.7 Å². The lowest BCUT2D eigenvalue weighted by atomic mass is 9.94. The van der Waals surface area contributed by atoms with E-state index in [1.807, 2.05) is 48.5 Å². The van der Waals surface area contributed by atoms with E-state index < -0.39 is 5.54 Å². The molecule has 0 saturated heterocycles. The highest BCUT2D eigenvalue weighted by Gasteiger charge is 2.42. The van der Waals surface area contributed by atoms with Crippen LogP contribution in [0.4, 0.5) is 0 Å². The Morgan fingerprint density at radius 2 is 2.07 bits per heavy atom. The van der Waals surface area contributed by atoms with E-state index in [4.69, 9.17) is 22.1 Å². The lowest BCUT2D eigenvalue weighted by molar-refractivity contribution is 0.0470. The van der Waals surface area contributed by atoms with Gasteiger partial charge in [-0.3, -0.25) is 4.79 Å². The smallest absolute Gasteiger partial charge is 0.268 e. The molecule has 28 heavy (non-hydrogen) atoms. The summed E-state index contributed by atoms with van der Waals surface area (Å²) in [6.07, 6.45) is 2.65. The van der Waals surface area contributed by atoms with Gasteiger partial charge in [0.25, 0.3) is 5.91 Å². The van der Waals surface area contributed by atoms with Gasteiger partial charge in [-0.1, -0.05) is 41.9 Å². The van der Waals surface area contributed by atoms with Gasteiger partial charge in [-0.15, -0.1) is 0 Å². The maximum Gasteiger partial charge on any atom is 0.268 e. The summed E-state index contributed by atoms with van der Waals surface area (Å²) in [4.78, 5) is 16.1. The zero-order valence-corrected chi connectivity index (χ0v) is 16.3. The number of benzene rings is 2. The van der Waals surface area contributed by atoms with Gasteiger partial charge < -0.3 is 20.8 Å². The fraction of sp³-hybridized carbons (Fsp3) is 0.318. The molecule has 2 aromatic carbocycles. The van der Waals surface area contributed by atoms with Gasteiger partial charge in [0.1, 0.15) is 5.69 Å². The Kier molecular flexibility index (Phi) is 5.40. The predicted molar refractivity (Wildman–Crippen MR) is 111 cm³/mol. The van der Waals surface area contributed by atoms with Gasteiger partial charge in [0, 0.05) is 22.0 Å². The van der Waals surface area contributed by atoms with Crippen molar-refractivity contribution < 1.29 is 9.53 Å². The summed E-state index contributed by atoms with van der Waals surface area (Å²) in [5.41, 5.74) is 8.31. The number of halogens is 1. The molecule has 0 radical (unpaired) electrons. The van der Waals surface area contributed by atoms with Crippen molar-refractivity contribution in [1.29, 1.82) is 0 Å². The number of rotatable bonds is 6. The number of nitrogens with one attached hydrogen (secondary N) is 2. The summed E-state index contributed by atoms with van der Waals surface area (Å²) in [5, 5.41) is 4.71. The molecule has 4 N–H and O–H groups in total. The standard InChI is InChI=1S/C22H24ClN3O2/c23-17-8-9-18-16(11-17)12-19(25-18)21(27)26-22(10-4-7-20(22)24)14-28-13-15-5-2-1-3-6-15/h1-3,5-6,8-9,11-12,20,25H,4,7,10,13-14,24H2,(H,26,27). The van der Waals surface area contributed by atoms with Crippen LogP contribution in [0.1, 0.15) is 35.3 Å². The van der Waals surface area contributed by atoms with Gasteiger partial charge in [0.05, 0.1) is 18.8 Å². The van der Waals surface area contributed by atoms with Crippen molar-refractivity contribution in [2.24, 2.45) is 5.73 Å². The molecular formula is C22H24ClN3O2. The second kappa shape index (κ2) is 7.95. The number of nitrogens with two attached hydrogens (primary N) is 1. The predicted octanol–water partition coefficient (Wildman–Crippen LogP) is 4.02. The minimum Gasteiger partial charge on any atom is -0.374 e. The quantitative estimate of drug-likeness (QED) is 0.587. The third kappa shape index (κ3) is 3.92. The van der Waals surface area contributed by atoms with Crippen molar-refractivity contribution in [1.82, 2.24) is 10.3 Å².